The molecule has 0 unspecified atom stereocenters. The van der Waals surface area contributed by atoms with Crippen LogP contribution in [0.1, 0.15) is 92.8 Å². The van der Waals surface area contributed by atoms with E-state index in [0.717, 1.165) is 44.9 Å². The fraction of sp³-hybridized carbons (Fsp3) is 0.905. The molecule has 2 rings (SSSR count). The molecule has 0 spiro atoms. The van der Waals surface area contributed by atoms with E-state index in [1.807, 2.05) is 20.8 Å². The van der Waals surface area contributed by atoms with Crippen LogP contribution < -0.4 is 5.73 Å². The van der Waals surface area contributed by atoms with Gasteiger partial charge in [-0.15, -0.1) is 0 Å². The van der Waals surface area contributed by atoms with Crippen LogP contribution in [-0.2, 0) is 19.1 Å². The van der Waals surface area contributed by atoms with E-state index in [4.69, 9.17) is 15.2 Å². The third-order valence-corrected chi connectivity index (χ3v) is 5.07. The highest BCUT2D eigenvalue weighted by Gasteiger charge is 2.21. The molecule has 26 heavy (non-hydrogen) atoms. The van der Waals surface area contributed by atoms with E-state index in [1.54, 1.807) is 7.11 Å². The Hall–Kier alpha value is -0.940. The smallest absolute Gasteiger partial charge is 0.219 e. The van der Waals surface area contributed by atoms with E-state index in [0.29, 0.717) is 36.9 Å². The van der Waals surface area contributed by atoms with Gasteiger partial charge in [-0.1, -0.05) is 40.0 Å². The summed E-state index contributed by atoms with van der Waals surface area (Å²) in [5, 5.41) is 0. The van der Waals surface area contributed by atoms with Crippen molar-refractivity contribution in [1.29, 1.82) is 0 Å². The molecule has 0 aromatic heterocycles. The standard InChI is InChI=1S/C10H19NO3.C9H16O.C2H6.H2/c1-13-8-2-4-9(5-3-8)14-7-6-10(11)12;1-2-9(10)8-6-4-3-5-7-8;1-2;/h8-9H,2-7H2,1H3,(H2,11,12);8H,2-7H2,1H3;1-2H3;1H. The number of carbonyl (C=O) groups is 2. The molecular weight excluding hydrogens is 330 g/mol. The van der Waals surface area contributed by atoms with Crippen LogP contribution >= 0.6 is 0 Å². The van der Waals surface area contributed by atoms with Crippen molar-refractivity contribution in [3.8, 4) is 0 Å². The summed E-state index contributed by atoms with van der Waals surface area (Å²) in [4.78, 5) is 21.6. The highest BCUT2D eigenvalue weighted by Crippen LogP contribution is 2.25. The zero-order valence-corrected chi connectivity index (χ0v) is 17.4. The van der Waals surface area contributed by atoms with E-state index < -0.39 is 0 Å². The van der Waals surface area contributed by atoms with E-state index >= 15 is 0 Å². The topological polar surface area (TPSA) is 78.6 Å². The predicted octanol–water partition coefficient (Wildman–Crippen LogP) is 4.65. The number of hydrogen-bond acceptors (Lipinski definition) is 4. The van der Waals surface area contributed by atoms with Gasteiger partial charge in [0.1, 0.15) is 5.78 Å². The first kappa shape index (κ1) is 25.1. The third-order valence-electron chi connectivity index (χ3n) is 5.07. The minimum Gasteiger partial charge on any atom is -0.381 e. The Balaban J connectivity index is 0. The summed E-state index contributed by atoms with van der Waals surface area (Å²) >= 11 is 0. The largest absolute Gasteiger partial charge is 0.381 e. The lowest BCUT2D eigenvalue weighted by atomic mass is 9.85. The SMILES string of the molecule is CC.CCC(=O)C1CCCCC1.COC1CCC(OCCC(N)=O)CC1.[HH]. The van der Waals surface area contributed by atoms with Crippen LogP contribution in [0.5, 0.6) is 0 Å². The molecule has 2 aliphatic rings. The molecule has 156 valence electrons. The number of primary amides is 1. The molecule has 0 aliphatic heterocycles. The molecule has 0 heterocycles. The fourth-order valence-electron chi connectivity index (χ4n) is 3.47. The van der Waals surface area contributed by atoms with Crippen molar-refractivity contribution in [2.45, 2.75) is 104 Å². The van der Waals surface area contributed by atoms with Gasteiger partial charge in [0, 0.05) is 27.3 Å². The van der Waals surface area contributed by atoms with Crippen molar-refractivity contribution < 1.29 is 20.5 Å². The molecule has 2 saturated carbocycles. The predicted molar refractivity (Wildman–Crippen MR) is 108 cm³/mol. The lowest BCUT2D eigenvalue weighted by Crippen LogP contribution is -2.26. The van der Waals surface area contributed by atoms with Gasteiger partial charge < -0.3 is 15.2 Å². The Kier molecular flexibility index (Phi) is 15.7. The molecule has 0 aromatic carbocycles. The van der Waals surface area contributed by atoms with Crippen molar-refractivity contribution >= 4 is 11.7 Å². The monoisotopic (exact) mass is 373 g/mol. The molecule has 2 fully saturated rings. The summed E-state index contributed by atoms with van der Waals surface area (Å²) in [5.41, 5.74) is 5.01. The maximum Gasteiger partial charge on any atom is 0.219 e. The van der Waals surface area contributed by atoms with Gasteiger partial charge in [-0.3, -0.25) is 9.59 Å². The quantitative estimate of drug-likeness (QED) is 0.704. The molecule has 0 radical (unpaired) electrons. The average molecular weight is 374 g/mol. The lowest BCUT2D eigenvalue weighted by Gasteiger charge is -2.27. The Bertz CT molecular complexity index is 365. The Morgan fingerprint density at radius 3 is 1.96 bits per heavy atom. The number of amides is 1. The number of carbonyl (C=O) groups excluding carboxylic acids is 2. The van der Waals surface area contributed by atoms with Crippen molar-refractivity contribution in [2.75, 3.05) is 13.7 Å². The zero-order chi connectivity index (χ0) is 19.8. The number of nitrogens with two attached hydrogens (primary N) is 1. The number of methoxy groups -OCH3 is 1. The molecule has 0 bridgehead atoms. The summed E-state index contributed by atoms with van der Waals surface area (Å²) < 4.78 is 10.8. The first-order chi connectivity index (χ1) is 12.6. The highest BCUT2D eigenvalue weighted by atomic mass is 16.5. The van der Waals surface area contributed by atoms with E-state index in [9.17, 15) is 9.59 Å². The van der Waals surface area contributed by atoms with Crippen LogP contribution in [0.15, 0.2) is 0 Å². The molecule has 2 aliphatic carbocycles. The summed E-state index contributed by atoms with van der Waals surface area (Å²) in [6, 6.07) is 0. The van der Waals surface area contributed by atoms with Gasteiger partial charge in [0.05, 0.1) is 18.8 Å². The van der Waals surface area contributed by atoms with Crippen molar-refractivity contribution in [3.05, 3.63) is 0 Å². The second kappa shape index (κ2) is 16.2. The zero-order valence-electron chi connectivity index (χ0n) is 17.4. The summed E-state index contributed by atoms with van der Waals surface area (Å²) in [5.74, 6) is 0.619. The van der Waals surface area contributed by atoms with Crippen LogP contribution in [0.4, 0.5) is 0 Å². The molecule has 5 nitrogen and oxygen atoms in total. The van der Waals surface area contributed by atoms with Crippen molar-refractivity contribution in [2.24, 2.45) is 11.7 Å². The highest BCUT2D eigenvalue weighted by molar-refractivity contribution is 5.80. The van der Waals surface area contributed by atoms with Gasteiger partial charge in [0.15, 0.2) is 0 Å². The van der Waals surface area contributed by atoms with Gasteiger partial charge in [-0.2, -0.15) is 0 Å². The summed E-state index contributed by atoms with van der Waals surface area (Å²) in [6.07, 6.45) is 12.1. The Labute approximate surface area is 161 Å². The van der Waals surface area contributed by atoms with E-state index in [2.05, 4.69) is 0 Å². The van der Waals surface area contributed by atoms with Gasteiger partial charge in [-0.05, 0) is 38.5 Å². The molecule has 0 aromatic rings. The van der Waals surface area contributed by atoms with Crippen LogP contribution in [0.3, 0.4) is 0 Å². The maximum atomic E-state index is 11.2. The second-order valence-corrected chi connectivity index (χ2v) is 6.88. The fourth-order valence-corrected chi connectivity index (χ4v) is 3.47. The van der Waals surface area contributed by atoms with Gasteiger partial charge in [0.25, 0.3) is 0 Å². The first-order valence-corrected chi connectivity index (χ1v) is 10.5. The van der Waals surface area contributed by atoms with Crippen molar-refractivity contribution in [1.82, 2.24) is 0 Å². The van der Waals surface area contributed by atoms with Crippen LogP contribution in [0.2, 0.25) is 0 Å². The number of Topliss-reactive ketones (excluding diaryl/α,β-unsaturated/α-hetero) is 1. The van der Waals surface area contributed by atoms with Crippen LogP contribution in [0.25, 0.3) is 0 Å². The third kappa shape index (κ3) is 11.6. The number of ketones is 1. The lowest BCUT2D eigenvalue weighted by molar-refractivity contribution is -0.123. The van der Waals surface area contributed by atoms with Gasteiger partial charge >= 0.3 is 0 Å². The molecule has 0 atom stereocenters. The molecular formula is C21H43NO4. The number of ether oxygens (including phenoxy) is 2. The summed E-state index contributed by atoms with van der Waals surface area (Å²) in [7, 11) is 1.75. The van der Waals surface area contributed by atoms with Gasteiger partial charge in [0.2, 0.25) is 5.91 Å². The van der Waals surface area contributed by atoms with E-state index in [1.165, 1.54) is 19.3 Å². The Morgan fingerprint density at radius 2 is 1.50 bits per heavy atom. The van der Waals surface area contributed by atoms with Gasteiger partial charge in [-0.25, -0.2) is 0 Å². The summed E-state index contributed by atoms with van der Waals surface area (Å²) in [6.45, 7) is 6.43. The molecule has 2 N–H and O–H groups in total. The second-order valence-electron chi connectivity index (χ2n) is 6.88. The average Bonchev–Trinajstić information content (AvgIpc) is 2.70. The first-order valence-electron chi connectivity index (χ1n) is 10.5. The minimum absolute atomic E-state index is 0. The molecule has 1 amide bonds. The van der Waals surface area contributed by atoms with E-state index in [-0.39, 0.29) is 7.33 Å². The number of rotatable bonds is 7. The van der Waals surface area contributed by atoms with Crippen molar-refractivity contribution in [3.63, 3.8) is 0 Å². The molecule has 5 heteroatoms. The Morgan fingerprint density at radius 1 is 0.962 bits per heavy atom. The van der Waals surface area contributed by atoms with Crippen LogP contribution in [-0.4, -0.2) is 37.6 Å². The number of hydrogen-bond donors (Lipinski definition) is 1. The van der Waals surface area contributed by atoms with Crippen LogP contribution in [0, 0.1) is 5.92 Å². The molecule has 0 saturated heterocycles. The maximum absolute atomic E-state index is 11.2. The normalized spacial score (nSPS) is 23.1. The minimum atomic E-state index is -0.296.